The molecular formula is C13H9ClN2O5S. The Morgan fingerprint density at radius 2 is 1.91 bits per heavy atom. The monoisotopic (exact) mass is 340 g/mol. The van der Waals surface area contributed by atoms with Crippen molar-refractivity contribution >= 4 is 52.1 Å². The van der Waals surface area contributed by atoms with Crippen LogP contribution in [0.5, 0.6) is 0 Å². The SMILES string of the molecule is O=C(O)/C=C1\SC(=O)N(CC(=O)Nc2ccc(Cl)cc2)C1=O. The first-order valence-corrected chi connectivity index (χ1v) is 7.10. The van der Waals surface area contributed by atoms with Crippen LogP contribution < -0.4 is 5.32 Å². The highest BCUT2D eigenvalue weighted by Crippen LogP contribution is 2.30. The number of anilines is 1. The van der Waals surface area contributed by atoms with E-state index >= 15 is 0 Å². The van der Waals surface area contributed by atoms with Gasteiger partial charge < -0.3 is 10.4 Å². The number of carbonyl (C=O) groups is 4. The predicted molar refractivity (Wildman–Crippen MR) is 80.5 cm³/mol. The molecule has 9 heteroatoms. The van der Waals surface area contributed by atoms with Gasteiger partial charge in [-0.15, -0.1) is 0 Å². The Morgan fingerprint density at radius 3 is 2.50 bits per heavy atom. The highest BCUT2D eigenvalue weighted by molar-refractivity contribution is 8.18. The Bertz CT molecular complexity index is 686. The molecule has 1 fully saturated rings. The lowest BCUT2D eigenvalue weighted by molar-refractivity contribution is -0.132. The maximum atomic E-state index is 11.8. The lowest BCUT2D eigenvalue weighted by Crippen LogP contribution is -2.36. The molecule has 1 saturated heterocycles. The first-order chi connectivity index (χ1) is 10.4. The van der Waals surface area contributed by atoms with Crippen LogP contribution in [0.15, 0.2) is 35.2 Å². The summed E-state index contributed by atoms with van der Waals surface area (Å²) in [5.41, 5.74) is 0.461. The third-order valence-corrected chi connectivity index (χ3v) is 3.72. The summed E-state index contributed by atoms with van der Waals surface area (Å²) in [7, 11) is 0. The van der Waals surface area contributed by atoms with E-state index < -0.39 is 29.6 Å². The zero-order valence-corrected chi connectivity index (χ0v) is 12.5. The molecule has 0 bridgehead atoms. The Labute approximate surface area is 133 Å². The third kappa shape index (κ3) is 3.86. The topological polar surface area (TPSA) is 104 Å². The van der Waals surface area contributed by atoms with Crippen molar-refractivity contribution in [2.24, 2.45) is 0 Å². The van der Waals surface area contributed by atoms with Gasteiger partial charge >= 0.3 is 5.97 Å². The zero-order valence-electron chi connectivity index (χ0n) is 10.9. The van der Waals surface area contributed by atoms with Crippen LogP contribution in [0.4, 0.5) is 10.5 Å². The third-order valence-electron chi connectivity index (χ3n) is 2.56. The van der Waals surface area contributed by atoms with Gasteiger partial charge in [0.05, 0.1) is 4.91 Å². The number of amides is 3. The number of rotatable bonds is 4. The van der Waals surface area contributed by atoms with Gasteiger partial charge in [0, 0.05) is 16.8 Å². The minimum absolute atomic E-state index is 0.225. The van der Waals surface area contributed by atoms with Crippen LogP contribution >= 0.6 is 23.4 Å². The highest BCUT2D eigenvalue weighted by Gasteiger charge is 2.36. The first-order valence-electron chi connectivity index (χ1n) is 5.90. The molecule has 0 unspecified atom stereocenters. The number of halogens is 1. The van der Waals surface area contributed by atoms with Gasteiger partial charge in [0.1, 0.15) is 6.54 Å². The van der Waals surface area contributed by atoms with E-state index in [1.165, 1.54) is 0 Å². The molecule has 1 aliphatic heterocycles. The number of imide groups is 1. The van der Waals surface area contributed by atoms with Crippen LogP contribution in [-0.2, 0) is 14.4 Å². The van der Waals surface area contributed by atoms with Gasteiger partial charge in [-0.05, 0) is 36.0 Å². The summed E-state index contributed by atoms with van der Waals surface area (Å²) in [6, 6.07) is 6.29. The van der Waals surface area contributed by atoms with Crippen LogP contribution in [0.25, 0.3) is 0 Å². The van der Waals surface area contributed by atoms with E-state index in [1.54, 1.807) is 24.3 Å². The molecule has 0 atom stereocenters. The van der Waals surface area contributed by atoms with E-state index in [4.69, 9.17) is 16.7 Å². The molecule has 0 aliphatic carbocycles. The van der Waals surface area contributed by atoms with E-state index in [2.05, 4.69) is 5.32 Å². The fourth-order valence-corrected chi connectivity index (χ4v) is 2.55. The number of aliphatic carboxylic acids is 1. The van der Waals surface area contributed by atoms with E-state index in [1.807, 2.05) is 0 Å². The molecule has 0 spiro atoms. The number of carbonyl (C=O) groups excluding carboxylic acids is 3. The molecule has 2 rings (SSSR count). The Balaban J connectivity index is 2.02. The predicted octanol–water partition coefficient (Wildman–Crippen LogP) is 1.94. The van der Waals surface area contributed by atoms with Crippen LogP contribution in [-0.4, -0.2) is 39.6 Å². The zero-order chi connectivity index (χ0) is 16.3. The minimum atomic E-state index is -1.34. The molecule has 0 radical (unpaired) electrons. The normalized spacial score (nSPS) is 16.2. The Hall–Kier alpha value is -2.32. The van der Waals surface area contributed by atoms with Crippen molar-refractivity contribution in [2.75, 3.05) is 11.9 Å². The minimum Gasteiger partial charge on any atom is -0.478 e. The number of thioether (sulfide) groups is 1. The van der Waals surface area contributed by atoms with E-state index in [9.17, 15) is 19.2 Å². The summed E-state index contributed by atoms with van der Waals surface area (Å²) < 4.78 is 0. The number of carboxylic acid groups (broad SMARTS) is 1. The molecule has 0 aromatic heterocycles. The molecule has 2 N–H and O–H groups in total. The van der Waals surface area contributed by atoms with Gasteiger partial charge in [0.25, 0.3) is 11.1 Å². The summed E-state index contributed by atoms with van der Waals surface area (Å²) in [5, 5.41) is 10.9. The highest BCUT2D eigenvalue weighted by atomic mass is 35.5. The molecule has 1 aromatic rings. The number of benzene rings is 1. The first kappa shape index (κ1) is 16.1. The number of hydrogen-bond acceptors (Lipinski definition) is 5. The standard InChI is InChI=1S/C13H9ClN2O5S/c14-7-1-3-8(4-2-7)15-10(17)6-16-12(20)9(5-11(18)19)22-13(16)21/h1-5H,6H2,(H,15,17)(H,18,19)/b9-5-. The number of nitrogens with one attached hydrogen (secondary N) is 1. The van der Waals surface area contributed by atoms with Crippen molar-refractivity contribution in [1.29, 1.82) is 0 Å². The lowest BCUT2D eigenvalue weighted by Gasteiger charge is -2.12. The maximum absolute atomic E-state index is 11.8. The molecule has 1 aromatic carbocycles. The van der Waals surface area contributed by atoms with Gasteiger partial charge in [-0.25, -0.2) is 4.79 Å². The van der Waals surface area contributed by atoms with Crippen molar-refractivity contribution < 1.29 is 24.3 Å². The van der Waals surface area contributed by atoms with Crippen LogP contribution in [0.1, 0.15) is 0 Å². The van der Waals surface area contributed by atoms with Gasteiger partial charge in [-0.1, -0.05) is 11.6 Å². The molecule has 0 saturated carbocycles. The summed E-state index contributed by atoms with van der Waals surface area (Å²) in [6.07, 6.45) is 0.641. The van der Waals surface area contributed by atoms with Crippen molar-refractivity contribution in [3.8, 4) is 0 Å². The lowest BCUT2D eigenvalue weighted by atomic mass is 10.3. The van der Waals surface area contributed by atoms with Crippen molar-refractivity contribution in [3.63, 3.8) is 0 Å². The number of nitrogens with zero attached hydrogens (tertiary/aromatic N) is 1. The maximum Gasteiger partial charge on any atom is 0.329 e. The van der Waals surface area contributed by atoms with Gasteiger partial charge in [0.2, 0.25) is 5.91 Å². The Kier molecular flexibility index (Phi) is 4.84. The molecule has 1 aliphatic rings. The van der Waals surface area contributed by atoms with E-state index in [0.29, 0.717) is 33.4 Å². The van der Waals surface area contributed by atoms with E-state index in [-0.39, 0.29) is 4.91 Å². The fourth-order valence-electron chi connectivity index (χ4n) is 1.63. The summed E-state index contributed by atoms with van der Waals surface area (Å²) in [5.74, 6) is -2.72. The van der Waals surface area contributed by atoms with Crippen LogP contribution in [0.3, 0.4) is 0 Å². The van der Waals surface area contributed by atoms with Crippen molar-refractivity contribution in [1.82, 2.24) is 4.90 Å². The second-order valence-corrected chi connectivity index (χ2v) is 5.59. The second-order valence-electron chi connectivity index (χ2n) is 4.16. The molecule has 22 heavy (non-hydrogen) atoms. The average molecular weight is 341 g/mol. The van der Waals surface area contributed by atoms with Gasteiger partial charge in [-0.2, -0.15) is 0 Å². The largest absolute Gasteiger partial charge is 0.478 e. The van der Waals surface area contributed by atoms with E-state index in [0.717, 1.165) is 0 Å². The fraction of sp³-hybridized carbons (Fsp3) is 0.0769. The van der Waals surface area contributed by atoms with Gasteiger partial charge in [0.15, 0.2) is 0 Å². The molecular weight excluding hydrogens is 332 g/mol. The average Bonchev–Trinajstić information content (AvgIpc) is 2.68. The molecule has 114 valence electrons. The van der Waals surface area contributed by atoms with Gasteiger partial charge in [-0.3, -0.25) is 19.3 Å². The molecule has 3 amide bonds. The molecule has 1 heterocycles. The summed E-state index contributed by atoms with van der Waals surface area (Å²) in [6.45, 7) is -0.496. The number of hydrogen-bond donors (Lipinski definition) is 2. The Morgan fingerprint density at radius 1 is 1.27 bits per heavy atom. The number of carboxylic acids is 1. The smallest absolute Gasteiger partial charge is 0.329 e. The second kappa shape index (κ2) is 6.63. The van der Waals surface area contributed by atoms with Crippen molar-refractivity contribution in [3.05, 3.63) is 40.3 Å². The quantitative estimate of drug-likeness (QED) is 0.812. The summed E-state index contributed by atoms with van der Waals surface area (Å²) >= 11 is 6.19. The molecule has 7 nitrogen and oxygen atoms in total. The van der Waals surface area contributed by atoms with Crippen LogP contribution in [0.2, 0.25) is 5.02 Å². The van der Waals surface area contributed by atoms with Crippen molar-refractivity contribution in [2.45, 2.75) is 0 Å². The van der Waals surface area contributed by atoms with Crippen LogP contribution in [0, 0.1) is 0 Å². The summed E-state index contributed by atoms with van der Waals surface area (Å²) in [4.78, 5) is 46.3.